The van der Waals surface area contributed by atoms with Crippen molar-refractivity contribution in [3.63, 3.8) is 0 Å². The standard InChI is InChI=1S/C23H27NO2/c1-4-5-10-20(25)22-19(14-23(2,3)15-21(22)26)24-18-12-11-16-8-6-7-9-17(16)13-18/h6-9,11-13,25H,4-5,10,14-15H2,1-3H3/b22-20-,24-19?. The third-order valence-electron chi connectivity index (χ3n) is 4.91. The van der Waals surface area contributed by atoms with Crippen LogP contribution in [0.4, 0.5) is 5.69 Å². The maximum atomic E-state index is 12.7. The van der Waals surface area contributed by atoms with Gasteiger partial charge in [-0.25, -0.2) is 0 Å². The van der Waals surface area contributed by atoms with Crippen LogP contribution in [0.2, 0.25) is 0 Å². The van der Waals surface area contributed by atoms with E-state index in [1.54, 1.807) is 0 Å². The van der Waals surface area contributed by atoms with Crippen molar-refractivity contribution in [2.24, 2.45) is 10.4 Å². The van der Waals surface area contributed by atoms with Crippen LogP contribution in [0.25, 0.3) is 10.8 Å². The van der Waals surface area contributed by atoms with E-state index in [-0.39, 0.29) is 17.0 Å². The minimum atomic E-state index is -0.138. The summed E-state index contributed by atoms with van der Waals surface area (Å²) < 4.78 is 0. The number of Topliss-reactive ketones (excluding diaryl/α,β-unsaturated/α-hetero) is 1. The molecule has 136 valence electrons. The molecule has 0 aliphatic heterocycles. The average molecular weight is 349 g/mol. The summed E-state index contributed by atoms with van der Waals surface area (Å²) in [5, 5.41) is 12.8. The van der Waals surface area contributed by atoms with Gasteiger partial charge in [0.25, 0.3) is 0 Å². The zero-order valence-electron chi connectivity index (χ0n) is 15.9. The SMILES string of the molecule is CCCC/C(O)=C1/C(=O)CC(C)(C)CC1=Nc1ccc2ccccc2c1. The van der Waals surface area contributed by atoms with E-state index in [1.807, 2.05) is 30.3 Å². The first-order chi connectivity index (χ1) is 12.4. The molecule has 0 radical (unpaired) electrons. The number of carbonyl (C=O) groups is 1. The lowest BCUT2D eigenvalue weighted by Crippen LogP contribution is -2.32. The molecule has 3 heteroatoms. The summed E-state index contributed by atoms with van der Waals surface area (Å²) >= 11 is 0. The topological polar surface area (TPSA) is 49.7 Å². The summed E-state index contributed by atoms with van der Waals surface area (Å²) in [6.07, 6.45) is 3.53. The van der Waals surface area contributed by atoms with Gasteiger partial charge in [0.2, 0.25) is 0 Å². The van der Waals surface area contributed by atoms with Crippen molar-refractivity contribution >= 4 is 28.0 Å². The number of allylic oxidation sites excluding steroid dienone is 2. The van der Waals surface area contributed by atoms with Crippen LogP contribution in [0.15, 0.2) is 58.8 Å². The van der Waals surface area contributed by atoms with Crippen LogP contribution < -0.4 is 0 Å². The number of carbonyl (C=O) groups excluding carboxylic acids is 1. The largest absolute Gasteiger partial charge is 0.511 e. The van der Waals surface area contributed by atoms with E-state index in [4.69, 9.17) is 4.99 Å². The highest BCUT2D eigenvalue weighted by Crippen LogP contribution is 2.37. The number of ketones is 1. The first kappa shape index (κ1) is 18.4. The van der Waals surface area contributed by atoms with Crippen molar-refractivity contribution < 1.29 is 9.90 Å². The van der Waals surface area contributed by atoms with Gasteiger partial charge in [0.1, 0.15) is 5.76 Å². The van der Waals surface area contributed by atoms with Gasteiger partial charge in [-0.2, -0.15) is 0 Å². The number of benzene rings is 2. The number of unbranched alkanes of at least 4 members (excludes halogenated alkanes) is 1. The molecule has 1 saturated carbocycles. The number of nitrogens with zero attached hydrogens (tertiary/aromatic N) is 1. The minimum absolute atomic E-state index is 0.00870. The maximum Gasteiger partial charge on any atom is 0.168 e. The Hall–Kier alpha value is -2.42. The molecule has 0 atom stereocenters. The third-order valence-corrected chi connectivity index (χ3v) is 4.91. The number of fused-ring (bicyclic) bond motifs is 1. The molecule has 0 saturated heterocycles. The molecule has 26 heavy (non-hydrogen) atoms. The summed E-state index contributed by atoms with van der Waals surface area (Å²) in [6.45, 7) is 6.25. The Labute approximate surface area is 155 Å². The minimum Gasteiger partial charge on any atom is -0.511 e. The third kappa shape index (κ3) is 4.04. The fourth-order valence-corrected chi connectivity index (χ4v) is 3.58. The van der Waals surface area contributed by atoms with Crippen LogP contribution in [-0.4, -0.2) is 16.6 Å². The molecule has 0 amide bonds. The molecule has 1 fully saturated rings. The second kappa shape index (κ2) is 7.45. The van der Waals surface area contributed by atoms with Crippen molar-refractivity contribution in [1.29, 1.82) is 0 Å². The van der Waals surface area contributed by atoms with Gasteiger partial charge in [0, 0.05) is 12.8 Å². The predicted octanol–water partition coefficient (Wildman–Crippen LogP) is 6.30. The molecule has 3 rings (SSSR count). The zero-order chi connectivity index (χ0) is 18.7. The maximum absolute atomic E-state index is 12.7. The first-order valence-electron chi connectivity index (χ1n) is 9.42. The van der Waals surface area contributed by atoms with Gasteiger partial charge < -0.3 is 5.11 Å². The molecule has 0 bridgehead atoms. The Morgan fingerprint density at radius 1 is 1.12 bits per heavy atom. The molecular formula is C23H27NO2. The van der Waals surface area contributed by atoms with Crippen LogP contribution in [-0.2, 0) is 4.79 Å². The summed E-state index contributed by atoms with van der Waals surface area (Å²) in [5.41, 5.74) is 1.85. The van der Waals surface area contributed by atoms with Gasteiger partial charge in [-0.1, -0.05) is 57.5 Å². The van der Waals surface area contributed by atoms with E-state index in [0.29, 0.717) is 24.8 Å². The molecule has 3 nitrogen and oxygen atoms in total. The highest BCUT2D eigenvalue weighted by atomic mass is 16.3. The monoisotopic (exact) mass is 349 g/mol. The molecule has 1 aliphatic rings. The molecule has 1 aliphatic carbocycles. The second-order valence-electron chi connectivity index (χ2n) is 7.96. The smallest absolute Gasteiger partial charge is 0.168 e. The lowest BCUT2D eigenvalue weighted by molar-refractivity contribution is -0.117. The van der Waals surface area contributed by atoms with Gasteiger partial charge in [-0.3, -0.25) is 9.79 Å². The average Bonchev–Trinajstić information content (AvgIpc) is 2.58. The Morgan fingerprint density at radius 2 is 1.85 bits per heavy atom. The van der Waals surface area contributed by atoms with Crippen molar-refractivity contribution in [2.45, 2.75) is 52.9 Å². The van der Waals surface area contributed by atoms with E-state index >= 15 is 0 Å². The van der Waals surface area contributed by atoms with Gasteiger partial charge in [-0.05, 0) is 41.2 Å². The molecule has 2 aromatic rings. The van der Waals surface area contributed by atoms with Gasteiger partial charge >= 0.3 is 0 Å². The number of hydrogen-bond acceptors (Lipinski definition) is 3. The quantitative estimate of drug-likeness (QED) is 0.520. The van der Waals surface area contributed by atoms with Gasteiger partial charge in [-0.15, -0.1) is 0 Å². The summed E-state index contributed by atoms with van der Waals surface area (Å²) in [7, 11) is 0. The second-order valence-corrected chi connectivity index (χ2v) is 7.96. The fourth-order valence-electron chi connectivity index (χ4n) is 3.58. The van der Waals surface area contributed by atoms with E-state index < -0.39 is 0 Å². The van der Waals surface area contributed by atoms with Crippen LogP contribution >= 0.6 is 0 Å². The first-order valence-corrected chi connectivity index (χ1v) is 9.42. The van der Waals surface area contributed by atoms with Gasteiger partial charge in [0.05, 0.1) is 17.0 Å². The Morgan fingerprint density at radius 3 is 2.58 bits per heavy atom. The van der Waals surface area contributed by atoms with Crippen molar-refractivity contribution in [3.05, 3.63) is 53.8 Å². The lowest BCUT2D eigenvalue weighted by atomic mass is 9.73. The van der Waals surface area contributed by atoms with E-state index in [0.717, 1.165) is 35.0 Å². The highest BCUT2D eigenvalue weighted by molar-refractivity contribution is 6.25. The van der Waals surface area contributed by atoms with Crippen LogP contribution in [0, 0.1) is 5.41 Å². The predicted molar refractivity (Wildman–Crippen MR) is 108 cm³/mol. The van der Waals surface area contributed by atoms with E-state index in [9.17, 15) is 9.90 Å². The number of aliphatic imine (C=N–C) groups is 1. The summed E-state index contributed by atoms with van der Waals surface area (Å²) in [4.78, 5) is 17.5. The Kier molecular flexibility index (Phi) is 5.26. The van der Waals surface area contributed by atoms with Crippen LogP contribution in [0.3, 0.4) is 0 Å². The molecule has 0 heterocycles. The Bertz CT molecular complexity index is 890. The number of aliphatic hydroxyl groups excluding tert-OH is 1. The summed E-state index contributed by atoms with van der Waals surface area (Å²) in [6, 6.07) is 14.2. The lowest BCUT2D eigenvalue weighted by Gasteiger charge is -2.31. The van der Waals surface area contributed by atoms with Gasteiger partial charge in [0.15, 0.2) is 5.78 Å². The Balaban J connectivity index is 2.05. The highest BCUT2D eigenvalue weighted by Gasteiger charge is 2.36. The fraction of sp³-hybridized carbons (Fsp3) is 0.391. The zero-order valence-corrected chi connectivity index (χ0v) is 15.9. The summed E-state index contributed by atoms with van der Waals surface area (Å²) in [5.74, 6) is 0.210. The number of rotatable bonds is 4. The molecule has 1 N–H and O–H groups in total. The molecular weight excluding hydrogens is 322 g/mol. The van der Waals surface area contributed by atoms with Crippen molar-refractivity contribution in [3.8, 4) is 0 Å². The van der Waals surface area contributed by atoms with E-state index in [2.05, 4.69) is 32.9 Å². The van der Waals surface area contributed by atoms with Crippen molar-refractivity contribution in [2.75, 3.05) is 0 Å². The van der Waals surface area contributed by atoms with E-state index in [1.165, 1.54) is 0 Å². The number of aliphatic hydroxyl groups is 1. The number of hydrogen-bond donors (Lipinski definition) is 1. The molecule has 0 spiro atoms. The van der Waals surface area contributed by atoms with Crippen LogP contribution in [0.5, 0.6) is 0 Å². The normalized spacial score (nSPS) is 20.6. The molecule has 0 aromatic heterocycles. The van der Waals surface area contributed by atoms with Crippen LogP contribution in [0.1, 0.15) is 52.9 Å². The molecule has 2 aromatic carbocycles. The molecule has 0 unspecified atom stereocenters. The van der Waals surface area contributed by atoms with Crippen molar-refractivity contribution in [1.82, 2.24) is 0 Å².